The van der Waals surface area contributed by atoms with E-state index >= 15 is 0 Å². The molecule has 0 unspecified atom stereocenters. The van der Waals surface area contributed by atoms with E-state index in [1.54, 1.807) is 0 Å². The molecule has 1 aliphatic rings. The van der Waals surface area contributed by atoms with Crippen LogP contribution in [-0.4, -0.2) is 16.5 Å². The van der Waals surface area contributed by atoms with Crippen LogP contribution in [0.15, 0.2) is 30.3 Å². The zero-order valence-electron chi connectivity index (χ0n) is 12.5. The molecule has 0 spiro atoms. The number of benzene rings is 2. The summed E-state index contributed by atoms with van der Waals surface area (Å²) in [4.78, 5) is 8.21. The predicted octanol–water partition coefficient (Wildman–Crippen LogP) is 4.20. The molecule has 2 N–H and O–H groups in total. The van der Waals surface area contributed by atoms with Crippen LogP contribution in [0.5, 0.6) is 0 Å². The summed E-state index contributed by atoms with van der Waals surface area (Å²) >= 11 is 0. The lowest BCUT2D eigenvalue weighted by molar-refractivity contribution is 0.830. The minimum absolute atomic E-state index is 0.961. The molecule has 0 saturated carbocycles. The fourth-order valence-corrected chi connectivity index (χ4v) is 3.03. The van der Waals surface area contributed by atoms with E-state index < -0.39 is 0 Å². The number of aromatic amines is 1. The van der Waals surface area contributed by atoms with Gasteiger partial charge in [0.15, 0.2) is 0 Å². The molecule has 0 bridgehead atoms. The molecule has 0 atom stereocenters. The SMILES string of the molecule is Cc1cc2nc(-c3ccc4c(c3)CCCN4)[nH]c2cc1C. The van der Waals surface area contributed by atoms with Gasteiger partial charge in [-0.3, -0.25) is 0 Å². The molecule has 1 aromatic heterocycles. The number of fused-ring (bicyclic) bond motifs is 2. The average Bonchev–Trinajstić information content (AvgIpc) is 2.90. The maximum Gasteiger partial charge on any atom is 0.138 e. The summed E-state index contributed by atoms with van der Waals surface area (Å²) in [6, 6.07) is 10.9. The van der Waals surface area contributed by atoms with E-state index in [2.05, 4.69) is 54.5 Å². The number of anilines is 1. The summed E-state index contributed by atoms with van der Waals surface area (Å²) in [7, 11) is 0. The van der Waals surface area contributed by atoms with Crippen LogP contribution in [0.1, 0.15) is 23.1 Å². The summed E-state index contributed by atoms with van der Waals surface area (Å²) in [5, 5.41) is 3.45. The molecule has 3 aromatic rings. The zero-order chi connectivity index (χ0) is 14.4. The second-order valence-electron chi connectivity index (χ2n) is 5.94. The summed E-state index contributed by atoms with van der Waals surface area (Å²) in [5.74, 6) is 0.961. The molecule has 0 saturated heterocycles. The molecule has 2 heterocycles. The number of imidazole rings is 1. The van der Waals surface area contributed by atoms with Crippen molar-refractivity contribution in [2.45, 2.75) is 26.7 Å². The van der Waals surface area contributed by atoms with Crippen LogP contribution in [-0.2, 0) is 6.42 Å². The fourth-order valence-electron chi connectivity index (χ4n) is 3.03. The first-order chi connectivity index (χ1) is 10.2. The first-order valence-electron chi connectivity index (χ1n) is 7.55. The van der Waals surface area contributed by atoms with Crippen LogP contribution in [0.4, 0.5) is 5.69 Å². The van der Waals surface area contributed by atoms with Crippen molar-refractivity contribution in [1.29, 1.82) is 0 Å². The minimum atomic E-state index is 0.961. The largest absolute Gasteiger partial charge is 0.385 e. The Balaban J connectivity index is 1.82. The molecule has 0 amide bonds. The van der Waals surface area contributed by atoms with Crippen LogP contribution in [0.25, 0.3) is 22.4 Å². The Hall–Kier alpha value is -2.29. The van der Waals surface area contributed by atoms with E-state index in [0.717, 1.165) is 29.8 Å². The molecule has 3 nitrogen and oxygen atoms in total. The number of aryl methyl sites for hydroxylation is 3. The summed E-state index contributed by atoms with van der Waals surface area (Å²) < 4.78 is 0. The van der Waals surface area contributed by atoms with Crippen LogP contribution < -0.4 is 5.32 Å². The lowest BCUT2D eigenvalue weighted by Crippen LogP contribution is -2.11. The van der Waals surface area contributed by atoms with Crippen LogP contribution in [0.2, 0.25) is 0 Å². The van der Waals surface area contributed by atoms with Crippen molar-refractivity contribution in [2.75, 3.05) is 11.9 Å². The van der Waals surface area contributed by atoms with Crippen molar-refractivity contribution < 1.29 is 0 Å². The van der Waals surface area contributed by atoms with Gasteiger partial charge < -0.3 is 10.3 Å². The smallest absolute Gasteiger partial charge is 0.138 e. The van der Waals surface area contributed by atoms with Crippen molar-refractivity contribution in [3.63, 3.8) is 0 Å². The first-order valence-corrected chi connectivity index (χ1v) is 7.55. The predicted molar refractivity (Wildman–Crippen MR) is 87.8 cm³/mol. The Labute approximate surface area is 124 Å². The molecule has 1 aliphatic heterocycles. The number of H-pyrrole nitrogens is 1. The highest BCUT2D eigenvalue weighted by atomic mass is 14.9. The molecule has 2 aromatic carbocycles. The van der Waals surface area contributed by atoms with Crippen LogP contribution in [0.3, 0.4) is 0 Å². The lowest BCUT2D eigenvalue weighted by Gasteiger charge is -2.18. The van der Waals surface area contributed by atoms with Gasteiger partial charge in [0.2, 0.25) is 0 Å². The molecular formula is C18H19N3. The standard InChI is InChI=1S/C18H19N3/c1-11-8-16-17(9-12(11)2)21-18(20-16)14-5-6-15-13(10-14)4-3-7-19-15/h5-6,8-10,19H,3-4,7H2,1-2H3,(H,20,21). The van der Waals surface area contributed by atoms with Gasteiger partial charge in [-0.25, -0.2) is 4.98 Å². The fraction of sp³-hybridized carbons (Fsp3) is 0.278. The van der Waals surface area contributed by atoms with E-state index in [9.17, 15) is 0 Å². The minimum Gasteiger partial charge on any atom is -0.385 e. The van der Waals surface area contributed by atoms with Gasteiger partial charge in [-0.2, -0.15) is 0 Å². The summed E-state index contributed by atoms with van der Waals surface area (Å²) in [5.41, 5.74) is 8.58. The molecule has 3 heteroatoms. The highest BCUT2D eigenvalue weighted by molar-refractivity contribution is 5.81. The summed E-state index contributed by atoms with van der Waals surface area (Å²) in [6.07, 6.45) is 2.35. The van der Waals surface area contributed by atoms with E-state index in [-0.39, 0.29) is 0 Å². The van der Waals surface area contributed by atoms with Crippen molar-refractivity contribution in [3.05, 3.63) is 47.0 Å². The van der Waals surface area contributed by atoms with Crippen molar-refractivity contribution >= 4 is 16.7 Å². The number of hydrogen-bond acceptors (Lipinski definition) is 2. The average molecular weight is 277 g/mol. The number of nitrogens with zero attached hydrogens (tertiary/aromatic N) is 1. The third-order valence-electron chi connectivity index (χ3n) is 4.41. The Bertz CT molecular complexity index is 791. The normalized spacial score (nSPS) is 14.0. The van der Waals surface area contributed by atoms with E-state index in [4.69, 9.17) is 4.98 Å². The van der Waals surface area contributed by atoms with Crippen molar-refractivity contribution in [2.24, 2.45) is 0 Å². The first kappa shape index (κ1) is 12.5. The molecule has 4 rings (SSSR count). The van der Waals surface area contributed by atoms with Gasteiger partial charge >= 0.3 is 0 Å². The second-order valence-corrected chi connectivity index (χ2v) is 5.94. The number of hydrogen-bond donors (Lipinski definition) is 2. The van der Waals surface area contributed by atoms with Gasteiger partial charge in [0, 0.05) is 17.8 Å². The highest BCUT2D eigenvalue weighted by Gasteiger charge is 2.12. The van der Waals surface area contributed by atoms with Crippen molar-refractivity contribution in [3.8, 4) is 11.4 Å². The number of aromatic nitrogens is 2. The third kappa shape index (κ3) is 2.09. The van der Waals surface area contributed by atoms with Crippen LogP contribution in [0, 0.1) is 13.8 Å². The van der Waals surface area contributed by atoms with Gasteiger partial charge in [-0.15, -0.1) is 0 Å². The van der Waals surface area contributed by atoms with Gasteiger partial charge in [0.05, 0.1) is 11.0 Å². The molecule has 0 aliphatic carbocycles. The molecular weight excluding hydrogens is 258 g/mol. The topological polar surface area (TPSA) is 40.7 Å². The monoisotopic (exact) mass is 277 g/mol. The van der Waals surface area contributed by atoms with Crippen LogP contribution >= 0.6 is 0 Å². The molecule has 0 fully saturated rings. The number of rotatable bonds is 1. The number of nitrogens with one attached hydrogen (secondary N) is 2. The van der Waals surface area contributed by atoms with E-state index in [1.165, 1.54) is 34.4 Å². The van der Waals surface area contributed by atoms with E-state index in [0.29, 0.717) is 0 Å². The quantitative estimate of drug-likeness (QED) is 0.699. The molecule has 0 radical (unpaired) electrons. The van der Waals surface area contributed by atoms with Gasteiger partial charge in [-0.1, -0.05) is 0 Å². The van der Waals surface area contributed by atoms with Crippen molar-refractivity contribution in [1.82, 2.24) is 9.97 Å². The second kappa shape index (κ2) is 4.62. The Kier molecular flexibility index (Phi) is 2.74. The highest BCUT2D eigenvalue weighted by Crippen LogP contribution is 2.28. The third-order valence-corrected chi connectivity index (χ3v) is 4.41. The molecule has 106 valence electrons. The van der Waals surface area contributed by atoms with Gasteiger partial charge in [0.1, 0.15) is 5.82 Å². The van der Waals surface area contributed by atoms with E-state index in [1.807, 2.05) is 0 Å². The summed E-state index contributed by atoms with van der Waals surface area (Å²) in [6.45, 7) is 5.35. The maximum atomic E-state index is 4.76. The Morgan fingerprint density at radius 2 is 1.90 bits per heavy atom. The lowest BCUT2D eigenvalue weighted by atomic mass is 10.0. The Morgan fingerprint density at radius 3 is 2.81 bits per heavy atom. The maximum absolute atomic E-state index is 4.76. The molecule has 21 heavy (non-hydrogen) atoms. The Morgan fingerprint density at radius 1 is 1.05 bits per heavy atom. The van der Waals surface area contributed by atoms with Gasteiger partial charge in [-0.05, 0) is 73.7 Å². The zero-order valence-corrected chi connectivity index (χ0v) is 12.5. The van der Waals surface area contributed by atoms with Gasteiger partial charge in [0.25, 0.3) is 0 Å².